The largest absolute Gasteiger partial charge is 0.497 e. The molecule has 1 aromatic carbocycles. The minimum absolute atomic E-state index is 0.0416. The summed E-state index contributed by atoms with van der Waals surface area (Å²) in [4.78, 5) is 12.2. The first-order chi connectivity index (χ1) is 9.82. The highest BCUT2D eigenvalue weighted by atomic mass is 16.5. The van der Waals surface area contributed by atoms with Gasteiger partial charge < -0.3 is 15.8 Å². The van der Waals surface area contributed by atoms with Gasteiger partial charge in [-0.1, -0.05) is 32.9 Å². The van der Waals surface area contributed by atoms with Gasteiger partial charge in [-0.15, -0.1) is 0 Å². The lowest BCUT2D eigenvalue weighted by atomic mass is 9.87. The molecule has 0 saturated carbocycles. The number of amides is 1. The standard InChI is InChI=1S/C17H28N2O2/c1-12(2)17(4,11-18)19-16(20)10-13(3)14-6-8-15(21-5)9-7-14/h6-9,12-13H,10-11,18H2,1-5H3,(H,19,20). The maximum atomic E-state index is 12.2. The van der Waals surface area contributed by atoms with Gasteiger partial charge in [0.05, 0.1) is 12.6 Å². The number of benzene rings is 1. The van der Waals surface area contributed by atoms with Crippen molar-refractivity contribution in [3.05, 3.63) is 29.8 Å². The Hall–Kier alpha value is -1.55. The number of hydrogen-bond donors (Lipinski definition) is 2. The van der Waals surface area contributed by atoms with E-state index in [1.807, 2.05) is 31.2 Å². The van der Waals surface area contributed by atoms with Crippen LogP contribution in [0.3, 0.4) is 0 Å². The lowest BCUT2D eigenvalue weighted by molar-refractivity contribution is -0.123. The van der Waals surface area contributed by atoms with Crippen LogP contribution >= 0.6 is 0 Å². The number of nitrogens with one attached hydrogen (secondary N) is 1. The van der Waals surface area contributed by atoms with E-state index in [0.29, 0.717) is 18.9 Å². The Morgan fingerprint density at radius 1 is 1.29 bits per heavy atom. The van der Waals surface area contributed by atoms with Crippen LogP contribution in [0, 0.1) is 5.92 Å². The molecule has 2 unspecified atom stereocenters. The van der Waals surface area contributed by atoms with Gasteiger partial charge in [-0.2, -0.15) is 0 Å². The van der Waals surface area contributed by atoms with Gasteiger partial charge in [0.1, 0.15) is 5.75 Å². The fourth-order valence-electron chi connectivity index (χ4n) is 2.13. The molecule has 0 bridgehead atoms. The molecule has 118 valence electrons. The first-order valence-electron chi connectivity index (χ1n) is 7.47. The van der Waals surface area contributed by atoms with E-state index in [0.717, 1.165) is 11.3 Å². The van der Waals surface area contributed by atoms with Crippen LogP contribution in [0.4, 0.5) is 0 Å². The van der Waals surface area contributed by atoms with Crippen molar-refractivity contribution in [2.24, 2.45) is 11.7 Å². The summed E-state index contributed by atoms with van der Waals surface area (Å²) < 4.78 is 5.14. The summed E-state index contributed by atoms with van der Waals surface area (Å²) in [5.41, 5.74) is 6.58. The molecule has 0 spiro atoms. The number of carbonyl (C=O) groups excluding carboxylic acids is 1. The molecular formula is C17H28N2O2. The number of methoxy groups -OCH3 is 1. The van der Waals surface area contributed by atoms with E-state index in [-0.39, 0.29) is 17.4 Å². The van der Waals surface area contributed by atoms with Gasteiger partial charge in [0.2, 0.25) is 5.91 Å². The Morgan fingerprint density at radius 3 is 2.29 bits per heavy atom. The molecule has 1 rings (SSSR count). The fourth-order valence-corrected chi connectivity index (χ4v) is 2.13. The number of nitrogens with two attached hydrogens (primary N) is 1. The maximum absolute atomic E-state index is 12.2. The molecule has 0 fully saturated rings. The highest BCUT2D eigenvalue weighted by Crippen LogP contribution is 2.23. The second-order valence-electron chi connectivity index (χ2n) is 6.20. The number of rotatable bonds is 7. The van der Waals surface area contributed by atoms with Gasteiger partial charge in [0.15, 0.2) is 0 Å². The molecule has 0 aliphatic heterocycles. The first-order valence-corrected chi connectivity index (χ1v) is 7.47. The topological polar surface area (TPSA) is 64.3 Å². The van der Waals surface area contributed by atoms with Crippen LogP contribution < -0.4 is 15.8 Å². The van der Waals surface area contributed by atoms with Crippen molar-refractivity contribution in [2.45, 2.75) is 45.6 Å². The molecule has 0 aromatic heterocycles. The summed E-state index contributed by atoms with van der Waals surface area (Å²) in [6.07, 6.45) is 0.453. The predicted octanol–water partition coefficient (Wildman–Crippen LogP) is 2.68. The van der Waals surface area contributed by atoms with Crippen LogP contribution in [0.2, 0.25) is 0 Å². The Morgan fingerprint density at radius 2 is 1.86 bits per heavy atom. The van der Waals surface area contributed by atoms with Gasteiger partial charge in [-0.25, -0.2) is 0 Å². The van der Waals surface area contributed by atoms with E-state index in [1.165, 1.54) is 0 Å². The third-order valence-electron chi connectivity index (χ3n) is 4.30. The summed E-state index contributed by atoms with van der Waals surface area (Å²) in [6.45, 7) is 8.62. The molecule has 4 nitrogen and oxygen atoms in total. The summed E-state index contributed by atoms with van der Waals surface area (Å²) in [5.74, 6) is 1.32. The van der Waals surface area contributed by atoms with Crippen molar-refractivity contribution in [3.8, 4) is 5.75 Å². The Balaban J connectivity index is 2.65. The quantitative estimate of drug-likeness (QED) is 0.812. The van der Waals surface area contributed by atoms with Crippen LogP contribution in [0.5, 0.6) is 5.75 Å². The highest BCUT2D eigenvalue weighted by molar-refractivity contribution is 5.77. The van der Waals surface area contributed by atoms with Crippen LogP contribution in [-0.4, -0.2) is 25.1 Å². The SMILES string of the molecule is COc1ccc(C(C)CC(=O)NC(C)(CN)C(C)C)cc1. The van der Waals surface area contributed by atoms with Gasteiger partial charge in [0.25, 0.3) is 0 Å². The maximum Gasteiger partial charge on any atom is 0.221 e. The lowest BCUT2D eigenvalue weighted by Gasteiger charge is -2.34. The molecule has 0 heterocycles. The molecule has 0 radical (unpaired) electrons. The van der Waals surface area contributed by atoms with E-state index < -0.39 is 0 Å². The molecule has 0 aliphatic rings. The summed E-state index contributed by atoms with van der Waals surface area (Å²) in [6, 6.07) is 7.84. The molecule has 2 atom stereocenters. The van der Waals surface area contributed by atoms with Crippen molar-refractivity contribution in [1.82, 2.24) is 5.32 Å². The first kappa shape index (κ1) is 17.5. The van der Waals surface area contributed by atoms with Crippen molar-refractivity contribution >= 4 is 5.91 Å². The van der Waals surface area contributed by atoms with Crippen molar-refractivity contribution in [3.63, 3.8) is 0 Å². The second-order valence-corrected chi connectivity index (χ2v) is 6.20. The third kappa shape index (κ3) is 4.74. The van der Waals surface area contributed by atoms with E-state index >= 15 is 0 Å². The van der Waals surface area contributed by atoms with E-state index in [9.17, 15) is 4.79 Å². The van der Waals surface area contributed by atoms with Crippen LogP contribution in [-0.2, 0) is 4.79 Å². The average Bonchev–Trinajstić information content (AvgIpc) is 2.46. The summed E-state index contributed by atoms with van der Waals surface area (Å²) in [5, 5.41) is 3.08. The van der Waals surface area contributed by atoms with Gasteiger partial charge in [0, 0.05) is 13.0 Å². The molecule has 1 amide bonds. The zero-order chi connectivity index (χ0) is 16.0. The molecular weight excluding hydrogens is 264 g/mol. The molecule has 3 N–H and O–H groups in total. The summed E-state index contributed by atoms with van der Waals surface area (Å²) in [7, 11) is 1.64. The number of carbonyl (C=O) groups is 1. The van der Waals surface area contributed by atoms with Crippen LogP contribution in [0.1, 0.15) is 45.6 Å². The zero-order valence-electron chi connectivity index (χ0n) is 13.8. The Bertz CT molecular complexity index is 456. The molecule has 0 aliphatic carbocycles. The van der Waals surface area contributed by atoms with Crippen molar-refractivity contribution in [2.75, 3.05) is 13.7 Å². The average molecular weight is 292 g/mol. The van der Waals surface area contributed by atoms with E-state index in [1.54, 1.807) is 7.11 Å². The van der Waals surface area contributed by atoms with E-state index in [2.05, 4.69) is 26.1 Å². The second kappa shape index (κ2) is 7.46. The van der Waals surface area contributed by atoms with E-state index in [4.69, 9.17) is 10.5 Å². The third-order valence-corrected chi connectivity index (χ3v) is 4.30. The minimum atomic E-state index is -0.350. The Kier molecular flexibility index (Phi) is 6.21. The molecule has 21 heavy (non-hydrogen) atoms. The van der Waals surface area contributed by atoms with Gasteiger partial charge in [-0.05, 0) is 36.5 Å². The normalized spacial score (nSPS) is 15.4. The Labute approximate surface area is 128 Å². The van der Waals surface area contributed by atoms with Crippen LogP contribution in [0.25, 0.3) is 0 Å². The number of ether oxygens (including phenoxy) is 1. The van der Waals surface area contributed by atoms with Crippen molar-refractivity contribution < 1.29 is 9.53 Å². The highest BCUT2D eigenvalue weighted by Gasteiger charge is 2.28. The summed E-state index contributed by atoms with van der Waals surface area (Å²) >= 11 is 0. The molecule has 4 heteroatoms. The zero-order valence-corrected chi connectivity index (χ0v) is 13.8. The predicted molar refractivity (Wildman–Crippen MR) is 86.5 cm³/mol. The molecule has 0 saturated heterocycles. The monoisotopic (exact) mass is 292 g/mol. The van der Waals surface area contributed by atoms with Crippen molar-refractivity contribution in [1.29, 1.82) is 0 Å². The smallest absolute Gasteiger partial charge is 0.221 e. The van der Waals surface area contributed by atoms with Gasteiger partial charge in [-0.3, -0.25) is 4.79 Å². The molecule has 1 aromatic rings. The van der Waals surface area contributed by atoms with Crippen LogP contribution in [0.15, 0.2) is 24.3 Å². The fraction of sp³-hybridized carbons (Fsp3) is 0.588. The number of hydrogen-bond acceptors (Lipinski definition) is 3. The van der Waals surface area contributed by atoms with Gasteiger partial charge >= 0.3 is 0 Å². The minimum Gasteiger partial charge on any atom is -0.497 e. The lowest BCUT2D eigenvalue weighted by Crippen LogP contribution is -2.55.